The third kappa shape index (κ3) is 3.74. The lowest BCUT2D eigenvalue weighted by Gasteiger charge is -2.08. The van der Waals surface area contributed by atoms with Crippen LogP contribution in [-0.4, -0.2) is 28.3 Å². The minimum Gasteiger partial charge on any atom is -0.465 e. The van der Waals surface area contributed by atoms with E-state index >= 15 is 0 Å². The summed E-state index contributed by atoms with van der Waals surface area (Å²) < 4.78 is 8.71. The Labute approximate surface area is 159 Å². The molecule has 0 bridgehead atoms. The number of carbonyl (C=O) groups is 2. The number of methoxy groups -OCH3 is 1. The molecule has 0 aliphatic heterocycles. The van der Waals surface area contributed by atoms with Gasteiger partial charge >= 0.3 is 5.97 Å². The molecule has 6 nitrogen and oxygen atoms in total. The maximum atomic E-state index is 12.2. The molecule has 0 saturated heterocycles. The van der Waals surface area contributed by atoms with Crippen molar-refractivity contribution in [1.82, 2.24) is 9.36 Å². The molecular formula is C18H14ClN3O3S. The number of benzene rings is 1. The van der Waals surface area contributed by atoms with Crippen LogP contribution in [0.3, 0.4) is 0 Å². The van der Waals surface area contributed by atoms with E-state index in [1.54, 1.807) is 42.7 Å². The first-order valence-corrected chi connectivity index (χ1v) is 8.71. The molecule has 1 aromatic carbocycles. The molecule has 0 aliphatic rings. The first-order chi connectivity index (χ1) is 12.5. The summed E-state index contributed by atoms with van der Waals surface area (Å²) in [7, 11) is 1.32. The fourth-order valence-electron chi connectivity index (χ4n) is 2.30. The molecular weight excluding hydrogens is 374 g/mol. The number of carbonyl (C=O) groups excluding carboxylic acids is 2. The first kappa shape index (κ1) is 18.0. The van der Waals surface area contributed by atoms with E-state index in [4.69, 9.17) is 16.3 Å². The average molecular weight is 388 g/mol. The minimum absolute atomic E-state index is 0.254. The largest absolute Gasteiger partial charge is 0.465 e. The van der Waals surface area contributed by atoms with Crippen LogP contribution < -0.4 is 5.32 Å². The van der Waals surface area contributed by atoms with Gasteiger partial charge in [-0.15, -0.1) is 0 Å². The summed E-state index contributed by atoms with van der Waals surface area (Å²) in [4.78, 5) is 28.7. The van der Waals surface area contributed by atoms with Gasteiger partial charge in [-0.05, 0) is 54.4 Å². The number of esters is 1. The zero-order valence-electron chi connectivity index (χ0n) is 13.9. The Morgan fingerprint density at radius 3 is 2.62 bits per heavy atom. The van der Waals surface area contributed by atoms with Gasteiger partial charge in [0.25, 0.3) is 5.91 Å². The van der Waals surface area contributed by atoms with Gasteiger partial charge in [-0.2, -0.15) is 0 Å². The molecule has 8 heteroatoms. The van der Waals surface area contributed by atoms with Crippen molar-refractivity contribution in [2.75, 3.05) is 12.4 Å². The van der Waals surface area contributed by atoms with Crippen LogP contribution >= 0.6 is 23.1 Å². The predicted octanol–water partition coefficient (Wildman–Crippen LogP) is 4.21. The number of pyridine rings is 1. The number of anilines is 1. The van der Waals surface area contributed by atoms with Crippen molar-refractivity contribution in [1.29, 1.82) is 0 Å². The molecule has 0 atom stereocenters. The lowest BCUT2D eigenvalue weighted by Crippen LogP contribution is -2.12. The Kier molecular flexibility index (Phi) is 5.29. The highest BCUT2D eigenvalue weighted by atomic mass is 35.5. The normalized spacial score (nSPS) is 10.4. The number of nitrogens with one attached hydrogen (secondary N) is 1. The lowest BCUT2D eigenvalue weighted by molar-refractivity contribution is 0.0600. The lowest BCUT2D eigenvalue weighted by atomic mass is 10.0. The number of amides is 1. The summed E-state index contributed by atoms with van der Waals surface area (Å²) in [5.41, 5.74) is 2.58. The van der Waals surface area contributed by atoms with Crippen molar-refractivity contribution in [3.8, 4) is 11.1 Å². The third-order valence-electron chi connectivity index (χ3n) is 3.66. The second-order valence-corrected chi connectivity index (χ2v) is 6.62. The van der Waals surface area contributed by atoms with Gasteiger partial charge in [0.05, 0.1) is 12.7 Å². The van der Waals surface area contributed by atoms with Crippen LogP contribution in [0.25, 0.3) is 11.1 Å². The van der Waals surface area contributed by atoms with Crippen molar-refractivity contribution in [3.63, 3.8) is 0 Å². The monoisotopic (exact) mass is 387 g/mol. The maximum Gasteiger partial charge on any atom is 0.337 e. The average Bonchev–Trinajstić information content (AvgIpc) is 3.08. The van der Waals surface area contributed by atoms with Crippen molar-refractivity contribution in [2.24, 2.45) is 0 Å². The highest BCUT2D eigenvalue weighted by molar-refractivity contribution is 7.08. The van der Waals surface area contributed by atoms with Gasteiger partial charge in [0.2, 0.25) is 0 Å². The van der Waals surface area contributed by atoms with E-state index in [0.717, 1.165) is 17.1 Å². The van der Waals surface area contributed by atoms with Gasteiger partial charge in [-0.1, -0.05) is 11.6 Å². The highest BCUT2D eigenvalue weighted by Gasteiger charge is 2.14. The molecule has 132 valence electrons. The molecule has 1 N–H and O–H groups in total. The van der Waals surface area contributed by atoms with Gasteiger partial charge in [0.1, 0.15) is 10.7 Å². The van der Waals surface area contributed by atoms with E-state index in [2.05, 4.69) is 14.7 Å². The van der Waals surface area contributed by atoms with Gasteiger partial charge in [0.15, 0.2) is 0 Å². The number of aryl methyl sites for hydroxylation is 1. The first-order valence-electron chi connectivity index (χ1n) is 7.56. The maximum absolute atomic E-state index is 12.2. The van der Waals surface area contributed by atoms with Crippen molar-refractivity contribution in [3.05, 3.63) is 63.8 Å². The molecule has 0 fully saturated rings. The summed E-state index contributed by atoms with van der Waals surface area (Å²) in [5, 5.41) is 3.21. The zero-order chi connectivity index (χ0) is 18.7. The summed E-state index contributed by atoms with van der Waals surface area (Å²) in [6.45, 7) is 1.82. The fraction of sp³-hybridized carbons (Fsp3) is 0.111. The van der Waals surface area contributed by atoms with E-state index in [1.807, 2.05) is 6.92 Å². The molecule has 2 heterocycles. The van der Waals surface area contributed by atoms with Crippen LogP contribution in [0.1, 0.15) is 25.6 Å². The van der Waals surface area contributed by atoms with Gasteiger partial charge < -0.3 is 10.1 Å². The standard InChI is InChI=1S/C18H14ClN3O3S/c1-10-8-21-26-16(10)17(23)22-15-6-4-12(9-20-15)13-7-11(18(24)25-2)3-5-14(13)19/h3-9H,1-2H3,(H,20,22,23). The smallest absolute Gasteiger partial charge is 0.337 e. The predicted molar refractivity (Wildman–Crippen MR) is 101 cm³/mol. The van der Waals surface area contributed by atoms with E-state index in [9.17, 15) is 9.59 Å². The highest BCUT2D eigenvalue weighted by Crippen LogP contribution is 2.29. The Morgan fingerprint density at radius 1 is 1.19 bits per heavy atom. The quantitative estimate of drug-likeness (QED) is 0.678. The number of halogens is 1. The molecule has 0 unspecified atom stereocenters. The van der Waals surface area contributed by atoms with Crippen molar-refractivity contribution < 1.29 is 14.3 Å². The van der Waals surface area contributed by atoms with Crippen LogP contribution in [0.15, 0.2) is 42.7 Å². The van der Waals surface area contributed by atoms with Crippen LogP contribution in [0.2, 0.25) is 5.02 Å². The zero-order valence-corrected chi connectivity index (χ0v) is 15.5. The van der Waals surface area contributed by atoms with E-state index in [1.165, 1.54) is 7.11 Å². The number of ether oxygens (including phenoxy) is 1. The number of hydrogen-bond donors (Lipinski definition) is 1. The summed E-state index contributed by atoms with van der Waals surface area (Å²) in [6, 6.07) is 8.31. The molecule has 0 aliphatic carbocycles. The molecule has 3 rings (SSSR count). The third-order valence-corrected chi connectivity index (χ3v) is 4.89. The molecule has 0 saturated carbocycles. The van der Waals surface area contributed by atoms with Gasteiger partial charge in [-0.3, -0.25) is 4.79 Å². The fourth-order valence-corrected chi connectivity index (χ4v) is 3.17. The Bertz CT molecular complexity index is 970. The summed E-state index contributed by atoms with van der Waals surface area (Å²) >= 11 is 7.37. The number of hydrogen-bond acceptors (Lipinski definition) is 6. The second-order valence-electron chi connectivity index (χ2n) is 5.41. The van der Waals surface area contributed by atoms with Crippen LogP contribution in [0.5, 0.6) is 0 Å². The molecule has 3 aromatic rings. The van der Waals surface area contributed by atoms with E-state index in [0.29, 0.717) is 32.4 Å². The minimum atomic E-state index is -0.445. The van der Waals surface area contributed by atoms with Crippen LogP contribution in [-0.2, 0) is 4.74 Å². The number of aromatic nitrogens is 2. The SMILES string of the molecule is COC(=O)c1ccc(Cl)c(-c2ccc(NC(=O)c3sncc3C)nc2)c1. The van der Waals surface area contributed by atoms with E-state index < -0.39 is 5.97 Å². The Hall–Kier alpha value is -2.77. The van der Waals surface area contributed by atoms with Gasteiger partial charge in [0, 0.05) is 28.5 Å². The second kappa shape index (κ2) is 7.63. The molecule has 26 heavy (non-hydrogen) atoms. The Morgan fingerprint density at radius 2 is 2.00 bits per heavy atom. The number of rotatable bonds is 4. The molecule has 0 radical (unpaired) electrons. The van der Waals surface area contributed by atoms with Gasteiger partial charge in [-0.25, -0.2) is 14.2 Å². The Balaban J connectivity index is 1.83. The van der Waals surface area contributed by atoms with E-state index in [-0.39, 0.29) is 5.91 Å². The van der Waals surface area contributed by atoms with Crippen LogP contribution in [0.4, 0.5) is 5.82 Å². The summed E-state index contributed by atoms with van der Waals surface area (Å²) in [6.07, 6.45) is 3.23. The topological polar surface area (TPSA) is 81.2 Å². The molecule has 0 spiro atoms. The molecule has 2 aromatic heterocycles. The van der Waals surface area contributed by atoms with Crippen molar-refractivity contribution >= 4 is 40.8 Å². The van der Waals surface area contributed by atoms with Crippen molar-refractivity contribution in [2.45, 2.75) is 6.92 Å². The summed E-state index contributed by atoms with van der Waals surface area (Å²) in [5.74, 6) is -0.289. The van der Waals surface area contributed by atoms with Crippen LogP contribution in [0, 0.1) is 6.92 Å². The number of nitrogens with zero attached hydrogens (tertiary/aromatic N) is 2. The molecule has 1 amide bonds.